The number of nitrogens with zero attached hydrogens (tertiary/aromatic N) is 4. The number of ether oxygens (including phenoxy) is 2. The number of hydrazone groups is 1. The fourth-order valence-electron chi connectivity index (χ4n) is 4.83. The number of hydrogen-bond acceptors (Lipinski definition) is 8. The van der Waals surface area contributed by atoms with E-state index < -0.39 is 6.04 Å². The zero-order valence-corrected chi connectivity index (χ0v) is 23.7. The number of aromatic hydroxyl groups is 1. The highest BCUT2D eigenvalue weighted by Crippen LogP contribution is 2.39. The summed E-state index contributed by atoms with van der Waals surface area (Å²) in [6, 6.07) is 25.7. The molecule has 1 aliphatic heterocycles. The average molecular weight is 577 g/mol. The van der Waals surface area contributed by atoms with Crippen LogP contribution in [0.4, 0.5) is 0 Å². The third-order valence-electron chi connectivity index (χ3n) is 6.97. The van der Waals surface area contributed by atoms with Crippen LogP contribution in [-0.4, -0.2) is 38.8 Å². The van der Waals surface area contributed by atoms with E-state index in [-0.39, 0.29) is 11.7 Å². The second-order valence-electron chi connectivity index (χ2n) is 9.78. The predicted octanol–water partition coefficient (Wildman–Crippen LogP) is 6.63. The molecule has 2 aromatic carbocycles. The molecule has 0 fully saturated rings. The molecule has 6 rings (SSSR count). The van der Waals surface area contributed by atoms with Gasteiger partial charge < -0.3 is 14.6 Å². The Labute approximate surface area is 247 Å². The normalized spacial score (nSPS) is 14.5. The van der Waals surface area contributed by atoms with Crippen LogP contribution in [0.1, 0.15) is 44.4 Å². The summed E-state index contributed by atoms with van der Waals surface area (Å²) in [5, 5.41) is 17.0. The molecule has 1 unspecified atom stereocenters. The minimum absolute atomic E-state index is 0.121. The number of benzene rings is 2. The molecule has 5 aromatic rings. The molecule has 9 heteroatoms. The molecule has 1 N–H and O–H groups in total. The van der Waals surface area contributed by atoms with Gasteiger partial charge in [0.2, 0.25) is 0 Å². The van der Waals surface area contributed by atoms with Crippen molar-refractivity contribution in [3.8, 4) is 22.1 Å². The van der Waals surface area contributed by atoms with Crippen molar-refractivity contribution in [2.75, 3.05) is 7.11 Å². The van der Waals surface area contributed by atoms with Gasteiger partial charge in [-0.15, -0.1) is 11.3 Å². The summed E-state index contributed by atoms with van der Waals surface area (Å²) in [6.07, 6.45) is 5.67. The first kappa shape index (κ1) is 27.3. The summed E-state index contributed by atoms with van der Waals surface area (Å²) < 4.78 is 11.2. The summed E-state index contributed by atoms with van der Waals surface area (Å²) >= 11 is 1.37. The maximum Gasteiger partial charge on any atom is 0.284 e. The first-order valence-corrected chi connectivity index (χ1v) is 14.3. The number of rotatable bonds is 9. The zero-order valence-electron chi connectivity index (χ0n) is 22.9. The van der Waals surface area contributed by atoms with E-state index in [9.17, 15) is 9.90 Å². The van der Waals surface area contributed by atoms with Crippen molar-refractivity contribution in [2.24, 2.45) is 5.10 Å². The van der Waals surface area contributed by atoms with Crippen molar-refractivity contribution in [3.63, 3.8) is 0 Å². The number of hydrogen-bond donors (Lipinski definition) is 1. The molecule has 8 nitrogen and oxygen atoms in total. The molecule has 1 aliphatic rings. The summed E-state index contributed by atoms with van der Waals surface area (Å²) in [7, 11) is 1.64. The number of carbonyl (C=O) groups is 1. The van der Waals surface area contributed by atoms with Gasteiger partial charge in [0.05, 0.1) is 47.5 Å². The highest BCUT2D eigenvalue weighted by atomic mass is 32.1. The number of para-hydroxylation sites is 1. The van der Waals surface area contributed by atoms with Crippen molar-refractivity contribution in [3.05, 3.63) is 131 Å². The summed E-state index contributed by atoms with van der Waals surface area (Å²) in [6.45, 7) is 0.825. The molecule has 0 saturated carbocycles. The van der Waals surface area contributed by atoms with Gasteiger partial charge in [0.25, 0.3) is 5.91 Å². The molecule has 3 aromatic heterocycles. The van der Waals surface area contributed by atoms with Crippen LogP contribution in [0, 0.1) is 0 Å². The highest BCUT2D eigenvalue weighted by molar-refractivity contribution is 7.17. The first-order chi connectivity index (χ1) is 20.6. The van der Waals surface area contributed by atoms with E-state index in [1.165, 1.54) is 16.3 Å². The molecule has 1 atom stereocenters. The molecular formula is C33H28N4O4S. The number of methoxy groups -OCH3 is 1. The number of phenolic OH excluding ortho intramolecular Hbond substituents is 1. The molecule has 4 heterocycles. The van der Waals surface area contributed by atoms with Crippen LogP contribution in [-0.2, 0) is 18.0 Å². The number of pyridine rings is 2. The van der Waals surface area contributed by atoms with Crippen molar-refractivity contribution in [1.82, 2.24) is 15.0 Å². The van der Waals surface area contributed by atoms with Crippen LogP contribution in [0.15, 0.2) is 109 Å². The monoisotopic (exact) mass is 576 g/mol. The summed E-state index contributed by atoms with van der Waals surface area (Å²) in [4.78, 5) is 24.1. The Balaban J connectivity index is 1.23. The Morgan fingerprint density at radius 1 is 0.976 bits per heavy atom. The molecule has 210 valence electrons. The molecule has 0 saturated heterocycles. The van der Waals surface area contributed by atoms with Gasteiger partial charge in [-0.05, 0) is 59.7 Å². The van der Waals surface area contributed by atoms with Gasteiger partial charge in [-0.25, -0.2) is 5.01 Å². The molecule has 0 spiro atoms. The third kappa shape index (κ3) is 5.93. The quantitative estimate of drug-likeness (QED) is 0.212. The lowest BCUT2D eigenvalue weighted by Gasteiger charge is -2.22. The van der Waals surface area contributed by atoms with Crippen LogP contribution in [0.2, 0.25) is 0 Å². The maximum atomic E-state index is 13.8. The van der Waals surface area contributed by atoms with E-state index in [0.717, 1.165) is 33.0 Å². The largest absolute Gasteiger partial charge is 0.508 e. The van der Waals surface area contributed by atoms with Crippen LogP contribution < -0.4 is 4.74 Å². The van der Waals surface area contributed by atoms with Crippen LogP contribution in [0.25, 0.3) is 10.6 Å². The topological polar surface area (TPSA) is 97.1 Å². The van der Waals surface area contributed by atoms with Gasteiger partial charge in [0, 0.05) is 36.1 Å². The maximum absolute atomic E-state index is 13.8. The first-order valence-electron chi connectivity index (χ1n) is 13.4. The molecule has 0 radical (unpaired) electrons. The Morgan fingerprint density at radius 3 is 2.57 bits per heavy atom. The second kappa shape index (κ2) is 12.3. The minimum Gasteiger partial charge on any atom is -0.508 e. The average Bonchev–Trinajstić information content (AvgIpc) is 3.71. The summed E-state index contributed by atoms with van der Waals surface area (Å²) in [5.41, 5.74) is 4.89. The van der Waals surface area contributed by atoms with Crippen molar-refractivity contribution in [2.45, 2.75) is 25.7 Å². The van der Waals surface area contributed by atoms with E-state index in [2.05, 4.69) is 9.97 Å². The highest BCUT2D eigenvalue weighted by Gasteiger charge is 2.35. The van der Waals surface area contributed by atoms with Gasteiger partial charge in [-0.1, -0.05) is 36.4 Å². The van der Waals surface area contributed by atoms with E-state index in [0.29, 0.717) is 35.8 Å². The van der Waals surface area contributed by atoms with Crippen molar-refractivity contribution in [1.29, 1.82) is 0 Å². The lowest BCUT2D eigenvalue weighted by Crippen LogP contribution is -2.26. The molecular weight excluding hydrogens is 548 g/mol. The van der Waals surface area contributed by atoms with Crippen LogP contribution >= 0.6 is 11.3 Å². The van der Waals surface area contributed by atoms with Gasteiger partial charge in [0.15, 0.2) is 0 Å². The number of amides is 1. The Morgan fingerprint density at radius 2 is 1.79 bits per heavy atom. The third-order valence-corrected chi connectivity index (χ3v) is 8.07. The molecule has 0 aliphatic carbocycles. The lowest BCUT2D eigenvalue weighted by molar-refractivity contribution is 0.0714. The van der Waals surface area contributed by atoms with Gasteiger partial charge >= 0.3 is 0 Å². The summed E-state index contributed by atoms with van der Waals surface area (Å²) in [5.74, 6) is 0.684. The van der Waals surface area contributed by atoms with Crippen LogP contribution in [0.3, 0.4) is 0 Å². The van der Waals surface area contributed by atoms with Crippen LogP contribution in [0.5, 0.6) is 11.5 Å². The molecule has 0 bridgehead atoms. The van der Waals surface area contributed by atoms with E-state index in [1.54, 1.807) is 43.9 Å². The number of carbonyl (C=O) groups excluding carboxylic acids is 1. The zero-order chi connectivity index (χ0) is 28.9. The predicted molar refractivity (Wildman–Crippen MR) is 161 cm³/mol. The van der Waals surface area contributed by atoms with Gasteiger partial charge in [-0.3, -0.25) is 14.8 Å². The number of thiophene rings is 1. The Bertz CT molecular complexity index is 1720. The lowest BCUT2D eigenvalue weighted by atomic mass is 9.98. The van der Waals surface area contributed by atoms with Crippen molar-refractivity contribution >= 4 is 23.0 Å². The second-order valence-corrected chi connectivity index (χ2v) is 10.9. The smallest absolute Gasteiger partial charge is 0.284 e. The SMILES string of the molecule is COc1ccc(COCc2cncc(C3=NN(C(=O)c4ccc(-c5ccccn5)s4)C(c4ccccc4O)C3)c2)cc1. The number of phenols is 1. The van der Waals surface area contributed by atoms with E-state index in [1.807, 2.05) is 66.7 Å². The molecule has 1 amide bonds. The Kier molecular flexibility index (Phi) is 8.02. The number of aromatic nitrogens is 2. The molecule has 42 heavy (non-hydrogen) atoms. The van der Waals surface area contributed by atoms with Gasteiger partial charge in [0.1, 0.15) is 11.5 Å². The fraction of sp³-hybridized carbons (Fsp3) is 0.152. The minimum atomic E-state index is -0.468. The standard InChI is InChI=1S/C33H28N4O4S/c1-40-25-11-9-22(10-12-25)20-41-21-23-16-24(19-34-18-23)28-17-29(26-6-2-3-8-30(26)38)37(36-28)33(39)32-14-13-31(42-32)27-7-4-5-15-35-27/h2-16,18-19,29,38H,17,20-21H2,1H3. The Hall–Kier alpha value is -4.86. The fourth-order valence-corrected chi connectivity index (χ4v) is 5.74. The van der Waals surface area contributed by atoms with Crippen molar-refractivity contribution < 1.29 is 19.4 Å². The van der Waals surface area contributed by atoms with E-state index in [4.69, 9.17) is 14.6 Å². The van der Waals surface area contributed by atoms with E-state index >= 15 is 0 Å². The van der Waals surface area contributed by atoms with Gasteiger partial charge in [-0.2, -0.15) is 5.10 Å².